The highest BCUT2D eigenvalue weighted by atomic mass is 35.5. The quantitative estimate of drug-likeness (QED) is 0.547. The molecule has 5 nitrogen and oxygen atoms in total. The maximum Gasteiger partial charge on any atom is 0.300 e. The average Bonchev–Trinajstić information content (AvgIpc) is 2.92. The van der Waals surface area contributed by atoms with Gasteiger partial charge in [0.2, 0.25) is 5.65 Å². The zero-order valence-corrected chi connectivity index (χ0v) is 13.2. The lowest BCUT2D eigenvalue weighted by molar-refractivity contribution is 0.894. The van der Waals surface area contributed by atoms with Crippen LogP contribution in [0.5, 0.6) is 0 Å². The lowest BCUT2D eigenvalue weighted by Crippen LogP contribution is -2.20. The second-order valence-corrected chi connectivity index (χ2v) is 5.93. The molecular formula is C15H11ClN4OS. The molecule has 0 saturated heterocycles. The van der Waals surface area contributed by atoms with E-state index in [0.29, 0.717) is 15.9 Å². The van der Waals surface area contributed by atoms with Gasteiger partial charge in [0.15, 0.2) is 5.16 Å². The van der Waals surface area contributed by atoms with Crippen LogP contribution in [0.1, 0.15) is 5.56 Å². The molecule has 3 rings (SSSR count). The maximum atomic E-state index is 12.6. The molecule has 2 heterocycles. The number of hydrogen-bond donors (Lipinski definition) is 0. The fourth-order valence-corrected chi connectivity index (χ4v) is 2.77. The number of rotatable bonds is 3. The van der Waals surface area contributed by atoms with Crippen LogP contribution >= 0.6 is 23.4 Å². The fourth-order valence-electron chi connectivity index (χ4n) is 2.05. The van der Waals surface area contributed by atoms with Crippen LogP contribution in [-0.2, 0) is 0 Å². The van der Waals surface area contributed by atoms with Crippen molar-refractivity contribution in [2.24, 2.45) is 0 Å². The number of halogens is 1. The molecule has 0 bridgehead atoms. The first kappa shape index (κ1) is 14.7. The van der Waals surface area contributed by atoms with Crippen LogP contribution < -0.4 is 5.56 Å². The van der Waals surface area contributed by atoms with Crippen LogP contribution in [0.15, 0.2) is 40.5 Å². The Morgan fingerprint density at radius 3 is 2.91 bits per heavy atom. The fraction of sp³-hybridized carbons (Fsp3) is 0.133. The topological polar surface area (TPSA) is 52.2 Å². The molecule has 0 aliphatic carbocycles. The number of aryl methyl sites for hydroxylation is 1. The van der Waals surface area contributed by atoms with E-state index in [4.69, 9.17) is 18.0 Å². The van der Waals surface area contributed by atoms with Crippen molar-refractivity contribution >= 4 is 29.0 Å². The molecule has 0 fully saturated rings. The molecule has 22 heavy (non-hydrogen) atoms. The third kappa shape index (κ3) is 2.49. The molecule has 0 unspecified atom stereocenters. The van der Waals surface area contributed by atoms with Gasteiger partial charge in [-0.3, -0.25) is 13.8 Å². The zero-order chi connectivity index (χ0) is 15.7. The van der Waals surface area contributed by atoms with E-state index in [-0.39, 0.29) is 11.2 Å². The monoisotopic (exact) mass is 330 g/mol. The first-order chi connectivity index (χ1) is 10.6. The number of hydrogen-bond acceptors (Lipinski definition) is 4. The summed E-state index contributed by atoms with van der Waals surface area (Å²) in [6.07, 6.45) is 8.67. The number of benzene rings is 1. The SMILES string of the molecule is C#CCSc1nnc2c(=O)n(-c3ccc(Cl)c(C)c3)ccn12. The second-order valence-electron chi connectivity index (χ2n) is 4.58. The highest BCUT2D eigenvalue weighted by Crippen LogP contribution is 2.19. The van der Waals surface area contributed by atoms with E-state index in [1.807, 2.05) is 13.0 Å². The Bertz CT molecular complexity index is 954. The number of thioether (sulfide) groups is 1. The zero-order valence-electron chi connectivity index (χ0n) is 11.7. The molecule has 0 spiro atoms. The van der Waals surface area contributed by atoms with Crippen molar-refractivity contribution in [3.05, 3.63) is 51.5 Å². The molecule has 7 heteroatoms. The molecule has 3 aromatic rings. The van der Waals surface area contributed by atoms with Crippen molar-refractivity contribution < 1.29 is 0 Å². The molecular weight excluding hydrogens is 320 g/mol. The second kappa shape index (κ2) is 5.87. The standard InChI is InChI=1S/C15H11ClN4OS/c1-3-8-22-15-18-17-13-14(21)19(6-7-20(13)15)11-4-5-12(16)10(2)9-11/h1,4-7,9H,8H2,2H3. The molecule has 2 aromatic heterocycles. The van der Waals surface area contributed by atoms with E-state index >= 15 is 0 Å². The first-order valence-electron chi connectivity index (χ1n) is 6.41. The summed E-state index contributed by atoms with van der Waals surface area (Å²) in [6, 6.07) is 5.41. The Morgan fingerprint density at radius 1 is 1.36 bits per heavy atom. The molecule has 1 aromatic carbocycles. The maximum absolute atomic E-state index is 12.6. The van der Waals surface area contributed by atoms with E-state index in [0.717, 1.165) is 11.3 Å². The van der Waals surface area contributed by atoms with Gasteiger partial charge in [0.25, 0.3) is 0 Å². The van der Waals surface area contributed by atoms with Crippen molar-refractivity contribution in [3.63, 3.8) is 0 Å². The van der Waals surface area contributed by atoms with E-state index in [1.54, 1.807) is 28.9 Å². The minimum atomic E-state index is -0.246. The van der Waals surface area contributed by atoms with Gasteiger partial charge in [0, 0.05) is 23.1 Å². The number of fused-ring (bicyclic) bond motifs is 1. The van der Waals surface area contributed by atoms with Gasteiger partial charge >= 0.3 is 5.56 Å². The van der Waals surface area contributed by atoms with Gasteiger partial charge < -0.3 is 0 Å². The van der Waals surface area contributed by atoms with Gasteiger partial charge in [-0.1, -0.05) is 29.3 Å². The number of aromatic nitrogens is 4. The summed E-state index contributed by atoms with van der Waals surface area (Å²) in [6.45, 7) is 1.89. The van der Waals surface area contributed by atoms with E-state index in [1.165, 1.54) is 16.3 Å². The van der Waals surface area contributed by atoms with Crippen LogP contribution in [0, 0.1) is 19.3 Å². The Labute approximate surface area is 135 Å². The number of terminal acetylenes is 1. The summed E-state index contributed by atoms with van der Waals surface area (Å²) in [7, 11) is 0. The van der Waals surface area contributed by atoms with E-state index in [9.17, 15) is 4.79 Å². The minimum Gasteiger partial charge on any atom is -0.280 e. The van der Waals surface area contributed by atoms with E-state index < -0.39 is 0 Å². The molecule has 0 amide bonds. The summed E-state index contributed by atoms with van der Waals surface area (Å²) >= 11 is 7.38. The van der Waals surface area contributed by atoms with E-state index in [2.05, 4.69) is 16.1 Å². The van der Waals surface area contributed by atoms with Crippen LogP contribution in [0.4, 0.5) is 0 Å². The van der Waals surface area contributed by atoms with Crippen molar-refractivity contribution in [2.45, 2.75) is 12.1 Å². The van der Waals surface area contributed by atoms with Crippen LogP contribution in [0.25, 0.3) is 11.3 Å². The van der Waals surface area contributed by atoms with Gasteiger partial charge in [-0.05, 0) is 30.7 Å². The third-order valence-electron chi connectivity index (χ3n) is 3.14. The minimum absolute atomic E-state index is 0.246. The van der Waals surface area contributed by atoms with Gasteiger partial charge in [-0.15, -0.1) is 16.6 Å². The summed E-state index contributed by atoms with van der Waals surface area (Å²) in [5.41, 5.74) is 1.65. The third-order valence-corrected chi connectivity index (χ3v) is 4.42. The number of nitrogens with zero attached hydrogens (tertiary/aromatic N) is 4. The average molecular weight is 331 g/mol. The normalized spacial score (nSPS) is 10.8. The predicted molar refractivity (Wildman–Crippen MR) is 87.9 cm³/mol. The largest absolute Gasteiger partial charge is 0.300 e. The Kier molecular flexibility index (Phi) is 3.92. The predicted octanol–water partition coefficient (Wildman–Crippen LogP) is 2.57. The van der Waals surface area contributed by atoms with Crippen LogP contribution in [0.2, 0.25) is 5.02 Å². The lowest BCUT2D eigenvalue weighted by atomic mass is 10.2. The molecule has 0 N–H and O–H groups in total. The first-order valence-corrected chi connectivity index (χ1v) is 7.77. The van der Waals surface area contributed by atoms with Gasteiger partial charge in [-0.2, -0.15) is 0 Å². The van der Waals surface area contributed by atoms with Crippen LogP contribution in [0.3, 0.4) is 0 Å². The lowest BCUT2D eigenvalue weighted by Gasteiger charge is -2.08. The van der Waals surface area contributed by atoms with Crippen molar-refractivity contribution in [3.8, 4) is 18.0 Å². The Hall–Kier alpha value is -2.23. The summed E-state index contributed by atoms with van der Waals surface area (Å²) in [5, 5.41) is 9.23. The summed E-state index contributed by atoms with van der Waals surface area (Å²) in [4.78, 5) is 12.6. The molecule has 0 aliphatic rings. The molecule has 0 radical (unpaired) electrons. The Balaban J connectivity index is 2.13. The smallest absolute Gasteiger partial charge is 0.280 e. The molecule has 0 atom stereocenters. The van der Waals surface area contributed by atoms with Crippen molar-refractivity contribution in [2.75, 3.05) is 5.75 Å². The summed E-state index contributed by atoms with van der Waals surface area (Å²) in [5.74, 6) is 2.99. The van der Waals surface area contributed by atoms with Gasteiger partial charge in [-0.25, -0.2) is 0 Å². The summed E-state index contributed by atoms with van der Waals surface area (Å²) < 4.78 is 3.16. The molecule has 0 saturated carbocycles. The van der Waals surface area contributed by atoms with Crippen LogP contribution in [-0.4, -0.2) is 24.9 Å². The molecule has 110 valence electrons. The van der Waals surface area contributed by atoms with Crippen molar-refractivity contribution in [1.29, 1.82) is 0 Å². The Morgan fingerprint density at radius 2 is 2.18 bits per heavy atom. The van der Waals surface area contributed by atoms with Gasteiger partial charge in [0.1, 0.15) is 0 Å². The van der Waals surface area contributed by atoms with Crippen molar-refractivity contribution in [1.82, 2.24) is 19.2 Å². The molecule has 0 aliphatic heterocycles. The van der Waals surface area contributed by atoms with Gasteiger partial charge in [0.05, 0.1) is 5.75 Å². The highest BCUT2D eigenvalue weighted by Gasteiger charge is 2.12. The highest BCUT2D eigenvalue weighted by molar-refractivity contribution is 7.99.